The lowest BCUT2D eigenvalue weighted by molar-refractivity contribution is 0.367. The van der Waals surface area contributed by atoms with Gasteiger partial charge in [-0.3, -0.25) is 4.90 Å². The minimum absolute atomic E-state index is 0.478. The van der Waals surface area contributed by atoms with Gasteiger partial charge in [0.25, 0.3) is 0 Å². The summed E-state index contributed by atoms with van der Waals surface area (Å²) in [5.41, 5.74) is 2.62. The van der Waals surface area contributed by atoms with E-state index in [0.29, 0.717) is 12.5 Å². The Kier molecular flexibility index (Phi) is 4.33. The summed E-state index contributed by atoms with van der Waals surface area (Å²) in [6.45, 7) is 5.70. The lowest BCUT2D eigenvalue weighted by atomic mass is 10.0. The third-order valence-electron chi connectivity index (χ3n) is 2.44. The largest absolute Gasteiger partial charge is 0.289 e. The summed E-state index contributed by atoms with van der Waals surface area (Å²) < 4.78 is 0. The molecule has 1 aromatic carbocycles. The fourth-order valence-electron chi connectivity index (χ4n) is 1.50. The minimum Gasteiger partial charge on any atom is -0.289 e. The van der Waals surface area contributed by atoms with Crippen molar-refractivity contribution >= 4 is 0 Å². The Balaban J connectivity index is 2.61. The molecule has 0 amide bonds. The van der Waals surface area contributed by atoms with Gasteiger partial charge in [0.15, 0.2) is 0 Å². The van der Waals surface area contributed by atoms with E-state index in [4.69, 9.17) is 5.26 Å². The van der Waals surface area contributed by atoms with E-state index >= 15 is 0 Å². The first-order valence-corrected chi connectivity index (χ1v) is 5.28. The molecule has 0 spiro atoms. The van der Waals surface area contributed by atoms with Gasteiger partial charge in [0.2, 0.25) is 0 Å². The van der Waals surface area contributed by atoms with Gasteiger partial charge in [0.05, 0.1) is 12.6 Å². The maximum atomic E-state index is 8.54. The smallest absolute Gasteiger partial charge is 0.0866 e. The predicted octanol–water partition coefficient (Wildman–Crippen LogP) is 2.77. The van der Waals surface area contributed by atoms with Crippen LogP contribution < -0.4 is 0 Å². The van der Waals surface area contributed by atoms with Crippen LogP contribution in [0.4, 0.5) is 0 Å². The van der Waals surface area contributed by atoms with Gasteiger partial charge in [-0.2, -0.15) is 5.26 Å². The van der Waals surface area contributed by atoms with Crippen molar-refractivity contribution in [3.8, 4) is 6.07 Å². The monoisotopic (exact) mass is 202 g/mol. The zero-order valence-corrected chi connectivity index (χ0v) is 9.70. The Morgan fingerprint density at radius 2 is 1.87 bits per heavy atom. The first-order valence-electron chi connectivity index (χ1n) is 5.28. The molecule has 0 radical (unpaired) electrons. The van der Waals surface area contributed by atoms with Crippen molar-refractivity contribution in [2.24, 2.45) is 0 Å². The molecule has 0 bridgehead atoms. The van der Waals surface area contributed by atoms with E-state index in [9.17, 15) is 0 Å². The molecular weight excluding hydrogens is 184 g/mol. The van der Waals surface area contributed by atoms with Crippen LogP contribution in [0.15, 0.2) is 24.3 Å². The molecule has 80 valence electrons. The second kappa shape index (κ2) is 5.53. The maximum absolute atomic E-state index is 8.54. The third-order valence-corrected chi connectivity index (χ3v) is 2.44. The average molecular weight is 202 g/mol. The number of hydrogen-bond acceptors (Lipinski definition) is 2. The van der Waals surface area contributed by atoms with Crippen LogP contribution in [0.3, 0.4) is 0 Å². The fraction of sp³-hybridized carbons (Fsp3) is 0.462. The van der Waals surface area contributed by atoms with Crippen LogP contribution in [-0.4, -0.2) is 18.5 Å². The zero-order chi connectivity index (χ0) is 11.3. The highest BCUT2D eigenvalue weighted by atomic mass is 15.1. The zero-order valence-electron chi connectivity index (χ0n) is 9.70. The van der Waals surface area contributed by atoms with Crippen LogP contribution in [0.1, 0.15) is 30.9 Å². The van der Waals surface area contributed by atoms with Gasteiger partial charge >= 0.3 is 0 Å². The molecule has 2 heteroatoms. The number of nitrogens with zero attached hydrogens (tertiary/aromatic N) is 2. The van der Waals surface area contributed by atoms with Crippen LogP contribution in [0.2, 0.25) is 0 Å². The molecular formula is C13H18N2. The molecule has 0 saturated heterocycles. The molecule has 0 aliphatic rings. The van der Waals surface area contributed by atoms with Crippen LogP contribution in [0, 0.1) is 11.3 Å². The van der Waals surface area contributed by atoms with Crippen LogP contribution in [0.5, 0.6) is 0 Å². The quantitative estimate of drug-likeness (QED) is 0.702. The van der Waals surface area contributed by atoms with Gasteiger partial charge in [-0.25, -0.2) is 0 Å². The number of hydrogen-bond donors (Lipinski definition) is 0. The first-order chi connectivity index (χ1) is 7.13. The summed E-state index contributed by atoms with van der Waals surface area (Å²) in [6, 6.07) is 10.8. The normalized spacial score (nSPS) is 10.7. The van der Waals surface area contributed by atoms with Crippen molar-refractivity contribution in [2.75, 3.05) is 13.6 Å². The molecule has 0 unspecified atom stereocenters. The number of nitriles is 1. The summed E-state index contributed by atoms with van der Waals surface area (Å²) in [6.07, 6.45) is 0. The lowest BCUT2D eigenvalue weighted by Crippen LogP contribution is -2.17. The SMILES string of the molecule is CC(C)c1ccc(CN(C)CC#N)cc1. The van der Waals surface area contributed by atoms with Gasteiger partial charge < -0.3 is 0 Å². The Hall–Kier alpha value is -1.33. The highest BCUT2D eigenvalue weighted by molar-refractivity contribution is 5.24. The summed E-state index contributed by atoms with van der Waals surface area (Å²) >= 11 is 0. The summed E-state index contributed by atoms with van der Waals surface area (Å²) in [5, 5.41) is 8.54. The van der Waals surface area contributed by atoms with Crippen LogP contribution >= 0.6 is 0 Å². The Bertz CT molecular complexity index is 333. The molecule has 0 atom stereocenters. The molecule has 0 aliphatic carbocycles. The highest BCUT2D eigenvalue weighted by Crippen LogP contribution is 2.15. The molecule has 1 rings (SSSR count). The van der Waals surface area contributed by atoms with Crippen molar-refractivity contribution in [1.82, 2.24) is 4.90 Å². The number of rotatable bonds is 4. The molecule has 0 fully saturated rings. The first kappa shape index (κ1) is 11.7. The van der Waals surface area contributed by atoms with E-state index in [1.54, 1.807) is 0 Å². The minimum atomic E-state index is 0.478. The topological polar surface area (TPSA) is 27.0 Å². The second-order valence-corrected chi connectivity index (χ2v) is 4.23. The Morgan fingerprint density at radius 3 is 2.33 bits per heavy atom. The predicted molar refractivity (Wildman–Crippen MR) is 62.5 cm³/mol. The van der Waals surface area contributed by atoms with E-state index in [1.807, 2.05) is 11.9 Å². The molecule has 0 N–H and O–H groups in total. The average Bonchev–Trinajstić information content (AvgIpc) is 2.18. The van der Waals surface area contributed by atoms with Crippen molar-refractivity contribution in [3.05, 3.63) is 35.4 Å². The Morgan fingerprint density at radius 1 is 1.27 bits per heavy atom. The Labute approximate surface area is 92.1 Å². The second-order valence-electron chi connectivity index (χ2n) is 4.23. The van der Waals surface area contributed by atoms with Crippen molar-refractivity contribution < 1.29 is 0 Å². The van der Waals surface area contributed by atoms with Crippen molar-refractivity contribution in [3.63, 3.8) is 0 Å². The van der Waals surface area contributed by atoms with E-state index < -0.39 is 0 Å². The standard InChI is InChI=1S/C13H18N2/c1-11(2)13-6-4-12(5-7-13)10-15(3)9-8-14/h4-7,11H,9-10H2,1-3H3. The van der Waals surface area contributed by atoms with Crippen LogP contribution in [0.25, 0.3) is 0 Å². The summed E-state index contributed by atoms with van der Waals surface area (Å²) in [7, 11) is 1.96. The van der Waals surface area contributed by atoms with E-state index in [0.717, 1.165) is 6.54 Å². The van der Waals surface area contributed by atoms with Crippen molar-refractivity contribution in [1.29, 1.82) is 5.26 Å². The van der Waals surface area contributed by atoms with Crippen LogP contribution in [-0.2, 0) is 6.54 Å². The maximum Gasteiger partial charge on any atom is 0.0866 e. The fourth-order valence-corrected chi connectivity index (χ4v) is 1.50. The van der Waals surface area contributed by atoms with E-state index in [1.165, 1.54) is 11.1 Å². The third kappa shape index (κ3) is 3.73. The number of benzene rings is 1. The van der Waals surface area contributed by atoms with E-state index in [-0.39, 0.29) is 0 Å². The molecule has 2 nitrogen and oxygen atoms in total. The summed E-state index contributed by atoms with van der Waals surface area (Å²) in [5.74, 6) is 0.580. The molecule has 0 aromatic heterocycles. The van der Waals surface area contributed by atoms with Gasteiger partial charge in [-0.05, 0) is 24.1 Å². The highest BCUT2D eigenvalue weighted by Gasteiger charge is 2.01. The molecule has 15 heavy (non-hydrogen) atoms. The van der Waals surface area contributed by atoms with Gasteiger partial charge in [0, 0.05) is 6.54 Å². The van der Waals surface area contributed by atoms with Gasteiger partial charge in [-0.15, -0.1) is 0 Å². The molecule has 0 aliphatic heterocycles. The van der Waals surface area contributed by atoms with Gasteiger partial charge in [0.1, 0.15) is 0 Å². The summed E-state index contributed by atoms with van der Waals surface area (Å²) in [4.78, 5) is 2.00. The van der Waals surface area contributed by atoms with Gasteiger partial charge in [-0.1, -0.05) is 38.1 Å². The molecule has 0 saturated carbocycles. The molecule has 0 heterocycles. The lowest BCUT2D eigenvalue weighted by Gasteiger charge is -2.13. The van der Waals surface area contributed by atoms with E-state index in [2.05, 4.69) is 44.2 Å². The van der Waals surface area contributed by atoms with Crippen molar-refractivity contribution in [2.45, 2.75) is 26.3 Å². The molecule has 1 aromatic rings.